The number of nitrogens with zero attached hydrogens (tertiary/aromatic N) is 3. The molecule has 0 amide bonds. The molecule has 0 radical (unpaired) electrons. The highest BCUT2D eigenvalue weighted by atomic mass is 32.1. The molecule has 1 aliphatic carbocycles. The summed E-state index contributed by atoms with van der Waals surface area (Å²) in [5.41, 5.74) is 9.99. The number of hydrogen-bond donors (Lipinski definition) is 1. The summed E-state index contributed by atoms with van der Waals surface area (Å²) in [6, 6.07) is 4.02. The largest absolute Gasteiger partial charge is 0.389 e. The zero-order valence-electron chi connectivity index (χ0n) is 10.2. The van der Waals surface area contributed by atoms with Crippen LogP contribution in [0.5, 0.6) is 0 Å². The maximum Gasteiger partial charge on any atom is 0.163 e. The van der Waals surface area contributed by atoms with Gasteiger partial charge in [0.2, 0.25) is 0 Å². The zero-order valence-corrected chi connectivity index (χ0v) is 11.0. The van der Waals surface area contributed by atoms with Crippen molar-refractivity contribution in [2.75, 3.05) is 0 Å². The van der Waals surface area contributed by atoms with Gasteiger partial charge in [0, 0.05) is 11.9 Å². The molecule has 4 nitrogen and oxygen atoms in total. The second kappa shape index (κ2) is 4.17. The van der Waals surface area contributed by atoms with Crippen LogP contribution in [-0.2, 0) is 12.8 Å². The highest BCUT2D eigenvalue weighted by Crippen LogP contribution is 2.24. The van der Waals surface area contributed by atoms with Gasteiger partial charge in [-0.3, -0.25) is 0 Å². The Morgan fingerprint density at radius 1 is 1.44 bits per heavy atom. The first kappa shape index (κ1) is 11.3. The van der Waals surface area contributed by atoms with Gasteiger partial charge in [0.15, 0.2) is 5.82 Å². The van der Waals surface area contributed by atoms with Gasteiger partial charge in [-0.2, -0.15) is 5.10 Å². The van der Waals surface area contributed by atoms with Crippen molar-refractivity contribution in [2.24, 2.45) is 5.73 Å². The van der Waals surface area contributed by atoms with E-state index in [2.05, 4.69) is 11.2 Å². The van der Waals surface area contributed by atoms with Crippen LogP contribution < -0.4 is 5.73 Å². The van der Waals surface area contributed by atoms with Crippen LogP contribution in [0.2, 0.25) is 0 Å². The SMILES string of the molecule is Cc1ccn(-c2nc3c(cc2C(N)=S)CCC3)n1. The van der Waals surface area contributed by atoms with Gasteiger partial charge in [-0.15, -0.1) is 0 Å². The van der Waals surface area contributed by atoms with Crippen molar-refractivity contribution in [3.05, 3.63) is 40.8 Å². The van der Waals surface area contributed by atoms with Crippen molar-refractivity contribution in [3.63, 3.8) is 0 Å². The van der Waals surface area contributed by atoms with E-state index in [1.807, 2.05) is 19.2 Å². The third kappa shape index (κ3) is 1.80. The van der Waals surface area contributed by atoms with Crippen molar-refractivity contribution >= 4 is 17.2 Å². The third-order valence-corrected chi connectivity index (χ3v) is 3.46. The van der Waals surface area contributed by atoms with Crippen LogP contribution in [0.3, 0.4) is 0 Å². The number of aromatic nitrogens is 3. The Hall–Kier alpha value is -1.75. The van der Waals surface area contributed by atoms with E-state index in [9.17, 15) is 0 Å². The Morgan fingerprint density at radius 2 is 2.28 bits per heavy atom. The summed E-state index contributed by atoms with van der Waals surface area (Å²) in [5, 5.41) is 4.39. The number of hydrogen-bond acceptors (Lipinski definition) is 3. The summed E-state index contributed by atoms with van der Waals surface area (Å²) < 4.78 is 1.75. The van der Waals surface area contributed by atoms with Crippen LogP contribution in [0.4, 0.5) is 0 Å². The normalized spacial score (nSPS) is 13.6. The first-order valence-corrected chi connectivity index (χ1v) is 6.41. The van der Waals surface area contributed by atoms with E-state index in [1.54, 1.807) is 4.68 Å². The van der Waals surface area contributed by atoms with Crippen molar-refractivity contribution in [3.8, 4) is 5.82 Å². The summed E-state index contributed by atoms with van der Waals surface area (Å²) in [6.45, 7) is 1.95. The lowest BCUT2D eigenvalue weighted by Gasteiger charge is -2.10. The number of pyridine rings is 1. The highest BCUT2D eigenvalue weighted by molar-refractivity contribution is 7.80. The average molecular weight is 258 g/mol. The Morgan fingerprint density at radius 3 is 2.94 bits per heavy atom. The van der Waals surface area contributed by atoms with Gasteiger partial charge in [-0.05, 0) is 43.9 Å². The number of nitrogens with two attached hydrogens (primary N) is 1. The van der Waals surface area contributed by atoms with Gasteiger partial charge < -0.3 is 5.73 Å². The summed E-state index contributed by atoms with van der Waals surface area (Å²) >= 11 is 5.12. The average Bonchev–Trinajstić information content (AvgIpc) is 2.94. The predicted octanol–water partition coefficient (Wildman–Crippen LogP) is 1.70. The molecule has 0 aliphatic heterocycles. The van der Waals surface area contributed by atoms with Crippen molar-refractivity contribution in [1.29, 1.82) is 0 Å². The molecule has 18 heavy (non-hydrogen) atoms. The molecule has 2 aromatic heterocycles. The zero-order chi connectivity index (χ0) is 12.7. The molecule has 0 unspecified atom stereocenters. The van der Waals surface area contributed by atoms with E-state index >= 15 is 0 Å². The van der Waals surface area contributed by atoms with Crippen LogP contribution in [0, 0.1) is 6.92 Å². The molecule has 0 fully saturated rings. The van der Waals surface area contributed by atoms with Crippen LogP contribution >= 0.6 is 12.2 Å². The molecule has 2 N–H and O–H groups in total. The van der Waals surface area contributed by atoms with Gasteiger partial charge in [0.1, 0.15) is 4.99 Å². The van der Waals surface area contributed by atoms with E-state index in [0.29, 0.717) is 4.99 Å². The Balaban J connectivity index is 2.21. The Labute approximate surface area is 111 Å². The summed E-state index contributed by atoms with van der Waals surface area (Å²) in [4.78, 5) is 5.07. The van der Waals surface area contributed by atoms with Crippen LogP contribution in [0.1, 0.15) is 28.9 Å². The lowest BCUT2D eigenvalue weighted by atomic mass is 10.1. The van der Waals surface area contributed by atoms with E-state index < -0.39 is 0 Å². The topological polar surface area (TPSA) is 56.7 Å². The number of thiocarbonyl (C=S) groups is 1. The van der Waals surface area contributed by atoms with E-state index in [1.165, 1.54) is 5.56 Å². The lowest BCUT2D eigenvalue weighted by Crippen LogP contribution is -2.16. The smallest absolute Gasteiger partial charge is 0.163 e. The van der Waals surface area contributed by atoms with Gasteiger partial charge in [0.05, 0.1) is 11.3 Å². The number of aryl methyl sites for hydroxylation is 3. The maximum absolute atomic E-state index is 5.80. The number of rotatable bonds is 2. The molecule has 2 heterocycles. The Bertz CT molecular complexity index is 630. The molecule has 2 aromatic rings. The molecular weight excluding hydrogens is 244 g/mol. The fourth-order valence-electron chi connectivity index (χ4n) is 2.35. The first-order chi connectivity index (χ1) is 8.65. The van der Waals surface area contributed by atoms with E-state index in [-0.39, 0.29) is 0 Å². The standard InChI is InChI=1S/C13H14N4S/c1-8-5-6-17(16-8)13-10(12(14)18)7-9-3-2-4-11(9)15-13/h5-7H,2-4H2,1H3,(H2,14,18). The molecule has 0 saturated heterocycles. The van der Waals surface area contributed by atoms with Crippen LogP contribution in [0.15, 0.2) is 18.3 Å². The van der Waals surface area contributed by atoms with E-state index in [4.69, 9.17) is 22.9 Å². The summed E-state index contributed by atoms with van der Waals surface area (Å²) in [5.74, 6) is 0.747. The minimum Gasteiger partial charge on any atom is -0.389 e. The summed E-state index contributed by atoms with van der Waals surface area (Å²) in [7, 11) is 0. The molecule has 1 aliphatic rings. The number of fused-ring (bicyclic) bond motifs is 1. The van der Waals surface area contributed by atoms with Gasteiger partial charge in [0.25, 0.3) is 0 Å². The van der Waals surface area contributed by atoms with Crippen molar-refractivity contribution < 1.29 is 0 Å². The molecule has 92 valence electrons. The molecule has 3 rings (SSSR count). The van der Waals surface area contributed by atoms with Gasteiger partial charge in [-0.25, -0.2) is 9.67 Å². The predicted molar refractivity (Wildman–Crippen MR) is 74.0 cm³/mol. The van der Waals surface area contributed by atoms with Crippen molar-refractivity contribution in [1.82, 2.24) is 14.8 Å². The fourth-order valence-corrected chi connectivity index (χ4v) is 2.50. The second-order valence-electron chi connectivity index (χ2n) is 4.58. The molecule has 0 spiro atoms. The maximum atomic E-state index is 5.80. The molecule has 0 aromatic carbocycles. The van der Waals surface area contributed by atoms with Gasteiger partial charge >= 0.3 is 0 Å². The van der Waals surface area contributed by atoms with Crippen LogP contribution in [0.25, 0.3) is 5.82 Å². The third-order valence-electron chi connectivity index (χ3n) is 3.24. The van der Waals surface area contributed by atoms with Gasteiger partial charge in [-0.1, -0.05) is 12.2 Å². The van der Waals surface area contributed by atoms with E-state index in [0.717, 1.165) is 42.0 Å². The van der Waals surface area contributed by atoms with Crippen LogP contribution in [-0.4, -0.2) is 19.8 Å². The monoisotopic (exact) mass is 258 g/mol. The molecule has 5 heteroatoms. The van der Waals surface area contributed by atoms with Crippen molar-refractivity contribution in [2.45, 2.75) is 26.2 Å². The lowest BCUT2D eigenvalue weighted by molar-refractivity contribution is 0.817. The Kier molecular flexibility index (Phi) is 2.63. The minimum absolute atomic E-state index is 0.375. The molecular formula is C13H14N4S. The second-order valence-corrected chi connectivity index (χ2v) is 5.02. The fraction of sp³-hybridized carbons (Fsp3) is 0.308. The molecule has 0 bridgehead atoms. The first-order valence-electron chi connectivity index (χ1n) is 6.00. The minimum atomic E-state index is 0.375. The quantitative estimate of drug-likeness (QED) is 0.833. The molecule has 0 saturated carbocycles. The highest BCUT2D eigenvalue weighted by Gasteiger charge is 2.18. The molecule has 0 atom stereocenters. The summed E-state index contributed by atoms with van der Waals surface area (Å²) in [6.07, 6.45) is 5.14.